The molecule has 2 aromatic carbocycles. The van der Waals surface area contributed by atoms with Crippen molar-refractivity contribution in [3.8, 4) is 0 Å². The fraction of sp³-hybridized carbons (Fsp3) is 0.0625. The average Bonchev–Trinajstić information content (AvgIpc) is 2.51. The molecule has 104 valence electrons. The predicted molar refractivity (Wildman–Crippen MR) is 74.0 cm³/mol. The van der Waals surface area contributed by atoms with Gasteiger partial charge in [0.2, 0.25) is 11.3 Å². The molecule has 0 spiro atoms. The van der Waals surface area contributed by atoms with Crippen LogP contribution in [0, 0.1) is 0 Å². The summed E-state index contributed by atoms with van der Waals surface area (Å²) in [6.07, 6.45) is 0. The normalized spacial score (nSPS) is 20.6. The molecule has 1 heterocycles. The smallest absolute Gasteiger partial charge is 0.342 e. The summed E-state index contributed by atoms with van der Waals surface area (Å²) in [7, 11) is 0. The molecule has 0 fully saturated rings. The second-order valence-electron chi connectivity index (χ2n) is 4.75. The topological polar surface area (TPSA) is 83.5 Å². The first kappa shape index (κ1) is 13.1. The number of carbonyl (C=O) groups excluding carboxylic acids is 2. The van der Waals surface area contributed by atoms with Crippen LogP contribution in [-0.4, -0.2) is 22.8 Å². The quantitative estimate of drug-likeness (QED) is 0.819. The van der Waals surface area contributed by atoms with E-state index in [9.17, 15) is 19.5 Å². The molecule has 1 atom stereocenters. The van der Waals surface area contributed by atoms with Crippen molar-refractivity contribution >= 4 is 17.7 Å². The fourth-order valence-corrected chi connectivity index (χ4v) is 2.54. The SMILES string of the molecule is O=C1N[C@](C(=O)O)(c2ccccc2)C(=O)c2ccccc21. The van der Waals surface area contributed by atoms with Crippen molar-refractivity contribution in [1.82, 2.24) is 5.32 Å². The molecule has 2 aromatic rings. The van der Waals surface area contributed by atoms with Crippen molar-refractivity contribution in [3.05, 3.63) is 71.3 Å². The lowest BCUT2D eigenvalue weighted by Gasteiger charge is -2.33. The van der Waals surface area contributed by atoms with Gasteiger partial charge >= 0.3 is 5.97 Å². The Kier molecular flexibility index (Phi) is 2.83. The number of ketones is 1. The number of Topliss-reactive ketones (excluding diaryl/α,β-unsaturated/α-hetero) is 1. The summed E-state index contributed by atoms with van der Waals surface area (Å²) in [5.74, 6) is -2.62. The third-order valence-electron chi connectivity index (χ3n) is 3.59. The van der Waals surface area contributed by atoms with Crippen molar-refractivity contribution in [2.75, 3.05) is 0 Å². The molecule has 0 aliphatic carbocycles. The molecule has 2 N–H and O–H groups in total. The molecule has 5 heteroatoms. The molecule has 0 saturated heterocycles. The number of hydrogen-bond donors (Lipinski definition) is 2. The number of hydrogen-bond acceptors (Lipinski definition) is 3. The zero-order chi connectivity index (χ0) is 15.0. The van der Waals surface area contributed by atoms with Crippen molar-refractivity contribution in [2.45, 2.75) is 5.54 Å². The average molecular weight is 281 g/mol. The summed E-state index contributed by atoms with van der Waals surface area (Å²) in [5.41, 5.74) is -1.54. The molecule has 1 aliphatic rings. The predicted octanol–water partition coefficient (Wildman–Crippen LogP) is 1.59. The van der Waals surface area contributed by atoms with Gasteiger partial charge in [-0.1, -0.05) is 48.5 Å². The van der Waals surface area contributed by atoms with E-state index in [1.54, 1.807) is 30.3 Å². The molecule has 1 aliphatic heterocycles. The monoisotopic (exact) mass is 281 g/mol. The summed E-state index contributed by atoms with van der Waals surface area (Å²) in [6, 6.07) is 14.2. The molecule has 0 saturated carbocycles. The number of carboxylic acid groups (broad SMARTS) is 1. The molecule has 0 radical (unpaired) electrons. The van der Waals surface area contributed by atoms with Crippen molar-refractivity contribution in [2.24, 2.45) is 0 Å². The van der Waals surface area contributed by atoms with E-state index in [4.69, 9.17) is 0 Å². The standard InChI is InChI=1S/C16H11NO4/c18-13-11-8-4-5-9-12(11)14(19)17-16(13,15(20)21)10-6-2-1-3-7-10/h1-9H,(H,17,19)(H,20,21)/t16-/m1/s1. The van der Waals surface area contributed by atoms with E-state index in [2.05, 4.69) is 5.32 Å². The van der Waals surface area contributed by atoms with Crippen LogP contribution < -0.4 is 5.32 Å². The van der Waals surface area contributed by atoms with Gasteiger partial charge in [-0.05, 0) is 11.6 Å². The summed E-state index contributed by atoms with van der Waals surface area (Å²) >= 11 is 0. The minimum atomic E-state index is -2.08. The third-order valence-corrected chi connectivity index (χ3v) is 3.59. The minimum absolute atomic E-state index is 0.118. The first-order valence-corrected chi connectivity index (χ1v) is 6.32. The number of benzene rings is 2. The lowest BCUT2D eigenvalue weighted by molar-refractivity contribution is -0.142. The lowest BCUT2D eigenvalue weighted by Crippen LogP contribution is -2.60. The van der Waals surface area contributed by atoms with Crippen LogP contribution in [0.15, 0.2) is 54.6 Å². The van der Waals surface area contributed by atoms with E-state index in [-0.39, 0.29) is 16.7 Å². The van der Waals surface area contributed by atoms with Gasteiger partial charge in [0.1, 0.15) is 0 Å². The maximum atomic E-state index is 12.7. The first-order valence-electron chi connectivity index (χ1n) is 6.32. The highest BCUT2D eigenvalue weighted by molar-refractivity contribution is 6.25. The molecular formula is C16H11NO4. The number of nitrogens with one attached hydrogen (secondary N) is 1. The van der Waals surface area contributed by atoms with Gasteiger partial charge in [-0.25, -0.2) is 4.79 Å². The highest BCUT2D eigenvalue weighted by Gasteiger charge is 2.53. The van der Waals surface area contributed by atoms with Gasteiger partial charge in [-0.3, -0.25) is 9.59 Å². The van der Waals surface area contributed by atoms with Crippen molar-refractivity contribution in [1.29, 1.82) is 0 Å². The molecule has 5 nitrogen and oxygen atoms in total. The van der Waals surface area contributed by atoms with Crippen molar-refractivity contribution in [3.63, 3.8) is 0 Å². The molecule has 0 unspecified atom stereocenters. The van der Waals surface area contributed by atoms with Gasteiger partial charge in [0.15, 0.2) is 0 Å². The zero-order valence-electron chi connectivity index (χ0n) is 10.9. The van der Waals surface area contributed by atoms with E-state index in [1.807, 2.05) is 0 Å². The summed E-state index contributed by atoms with van der Waals surface area (Å²) in [4.78, 5) is 36.7. The van der Waals surface area contributed by atoms with Crippen LogP contribution in [0.1, 0.15) is 26.3 Å². The van der Waals surface area contributed by atoms with E-state index in [0.717, 1.165) is 0 Å². The number of rotatable bonds is 2. The van der Waals surface area contributed by atoms with E-state index in [1.165, 1.54) is 24.3 Å². The van der Waals surface area contributed by atoms with Crippen LogP contribution >= 0.6 is 0 Å². The Morgan fingerprint density at radius 3 is 2.10 bits per heavy atom. The molecule has 21 heavy (non-hydrogen) atoms. The second kappa shape index (κ2) is 4.56. The number of carbonyl (C=O) groups is 3. The highest BCUT2D eigenvalue weighted by atomic mass is 16.4. The van der Waals surface area contributed by atoms with Gasteiger partial charge in [-0.15, -0.1) is 0 Å². The minimum Gasteiger partial charge on any atom is -0.479 e. The van der Waals surface area contributed by atoms with Crippen LogP contribution in [0.3, 0.4) is 0 Å². The van der Waals surface area contributed by atoms with Crippen LogP contribution in [0.4, 0.5) is 0 Å². The molecule has 0 bridgehead atoms. The largest absolute Gasteiger partial charge is 0.479 e. The Balaban J connectivity index is 2.28. The third kappa shape index (κ3) is 1.74. The van der Waals surface area contributed by atoms with Gasteiger partial charge in [0.05, 0.1) is 5.56 Å². The summed E-state index contributed by atoms with van der Waals surface area (Å²) in [5, 5.41) is 12.0. The number of fused-ring (bicyclic) bond motifs is 1. The van der Waals surface area contributed by atoms with Gasteiger partial charge in [0.25, 0.3) is 5.91 Å². The van der Waals surface area contributed by atoms with Crippen LogP contribution in [-0.2, 0) is 10.3 Å². The van der Waals surface area contributed by atoms with Crippen molar-refractivity contribution < 1.29 is 19.5 Å². The first-order chi connectivity index (χ1) is 10.1. The fourth-order valence-electron chi connectivity index (χ4n) is 2.54. The second-order valence-corrected chi connectivity index (χ2v) is 4.75. The number of amides is 1. The summed E-state index contributed by atoms with van der Waals surface area (Å²) in [6.45, 7) is 0. The molecule has 0 aromatic heterocycles. The van der Waals surface area contributed by atoms with Gasteiger partial charge in [-0.2, -0.15) is 0 Å². The van der Waals surface area contributed by atoms with E-state index < -0.39 is 23.2 Å². The van der Waals surface area contributed by atoms with Gasteiger partial charge in [0, 0.05) is 5.56 Å². The lowest BCUT2D eigenvalue weighted by atomic mass is 9.78. The molecule has 3 rings (SSSR count). The Hall–Kier alpha value is -2.95. The Bertz CT molecular complexity index is 754. The maximum Gasteiger partial charge on any atom is 0.342 e. The van der Waals surface area contributed by atoms with Crippen LogP contribution in [0.5, 0.6) is 0 Å². The van der Waals surface area contributed by atoms with Crippen LogP contribution in [0.2, 0.25) is 0 Å². The molecule has 1 amide bonds. The number of carboxylic acids is 1. The number of aliphatic carboxylic acids is 1. The Morgan fingerprint density at radius 1 is 0.905 bits per heavy atom. The molecular weight excluding hydrogens is 270 g/mol. The maximum absolute atomic E-state index is 12.7. The van der Waals surface area contributed by atoms with Crippen LogP contribution in [0.25, 0.3) is 0 Å². The van der Waals surface area contributed by atoms with E-state index in [0.29, 0.717) is 0 Å². The van der Waals surface area contributed by atoms with E-state index >= 15 is 0 Å². The Morgan fingerprint density at radius 2 is 1.48 bits per heavy atom. The Labute approximate surface area is 120 Å². The zero-order valence-corrected chi connectivity index (χ0v) is 10.9. The highest BCUT2D eigenvalue weighted by Crippen LogP contribution is 2.32. The van der Waals surface area contributed by atoms with Gasteiger partial charge < -0.3 is 10.4 Å². The summed E-state index contributed by atoms with van der Waals surface area (Å²) < 4.78 is 0.